The number of hydrogen-bond donors (Lipinski definition) is 3. The van der Waals surface area contributed by atoms with E-state index >= 15 is 0 Å². The summed E-state index contributed by atoms with van der Waals surface area (Å²) in [7, 11) is 0. The Kier molecular flexibility index (Phi) is 7.00. The van der Waals surface area contributed by atoms with Crippen LogP contribution in [-0.4, -0.2) is 38.6 Å². The van der Waals surface area contributed by atoms with Crippen molar-refractivity contribution >= 4 is 32.9 Å². The number of hydrogen-bond acceptors (Lipinski definition) is 5. The molecule has 0 aliphatic rings. The van der Waals surface area contributed by atoms with E-state index in [-0.39, 0.29) is 5.91 Å². The van der Waals surface area contributed by atoms with Gasteiger partial charge in [0.05, 0.1) is 24.2 Å². The van der Waals surface area contributed by atoms with Crippen LogP contribution in [0, 0.1) is 0 Å². The van der Waals surface area contributed by atoms with E-state index in [0.29, 0.717) is 47.7 Å². The fraction of sp³-hybridized carbons (Fsp3) is 0.111. The second-order valence-corrected chi connectivity index (χ2v) is 9.20. The van der Waals surface area contributed by atoms with Crippen molar-refractivity contribution in [1.29, 1.82) is 0 Å². The molecule has 0 aliphatic heterocycles. The molecule has 0 bridgehead atoms. The summed E-state index contributed by atoms with van der Waals surface area (Å²) < 4.78 is 8.21. The normalized spacial score (nSPS) is 10.9. The Labute approximate surface area is 219 Å². The second kappa shape index (κ2) is 10.7. The number of ether oxygens (including phenoxy) is 1. The van der Waals surface area contributed by atoms with Crippen LogP contribution in [0.1, 0.15) is 15.9 Å². The van der Waals surface area contributed by atoms with Gasteiger partial charge in [-0.15, -0.1) is 0 Å². The van der Waals surface area contributed by atoms with Gasteiger partial charge in [-0.1, -0.05) is 28.1 Å². The fourth-order valence-electron chi connectivity index (χ4n) is 3.91. The summed E-state index contributed by atoms with van der Waals surface area (Å²) in [5, 5.41) is 2.78. The average molecular weight is 560 g/mol. The van der Waals surface area contributed by atoms with Crippen LogP contribution in [0.5, 0.6) is 5.75 Å². The van der Waals surface area contributed by atoms with Gasteiger partial charge in [0, 0.05) is 22.6 Å². The fourth-order valence-corrected chi connectivity index (χ4v) is 4.18. The number of aromatic nitrogens is 4. The Morgan fingerprint density at radius 1 is 1.03 bits per heavy atom. The molecule has 0 radical (unpaired) electrons. The maximum absolute atomic E-state index is 12.6. The molecule has 0 atom stereocenters. The topological polar surface area (TPSA) is 122 Å². The molecule has 10 heteroatoms. The van der Waals surface area contributed by atoms with Gasteiger partial charge >= 0.3 is 5.69 Å². The lowest BCUT2D eigenvalue weighted by atomic mass is 10.1. The Balaban J connectivity index is 1.28. The number of nitrogens with one attached hydrogen (secondary N) is 3. The molecule has 186 valence electrons. The summed E-state index contributed by atoms with van der Waals surface area (Å²) in [6.45, 7) is 0.965. The van der Waals surface area contributed by atoms with E-state index in [9.17, 15) is 14.4 Å². The molecule has 0 aliphatic carbocycles. The number of aromatic amines is 2. The second-order valence-electron chi connectivity index (χ2n) is 8.29. The summed E-state index contributed by atoms with van der Waals surface area (Å²) in [4.78, 5) is 46.6. The van der Waals surface area contributed by atoms with E-state index in [4.69, 9.17) is 4.74 Å². The monoisotopic (exact) mass is 559 g/mol. The minimum Gasteiger partial charge on any atom is -0.492 e. The molecular formula is C27H22BrN5O4. The Morgan fingerprint density at radius 2 is 1.81 bits per heavy atom. The maximum Gasteiger partial charge on any atom is 0.329 e. The molecule has 5 aromatic rings. The lowest BCUT2D eigenvalue weighted by molar-refractivity contribution is 0.0946. The summed E-state index contributed by atoms with van der Waals surface area (Å²) in [6.07, 6.45) is 3.12. The van der Waals surface area contributed by atoms with E-state index < -0.39 is 11.2 Å². The molecule has 3 N–H and O–H groups in total. The average Bonchev–Trinajstić information content (AvgIpc) is 3.37. The minimum absolute atomic E-state index is 0.209. The predicted octanol–water partition coefficient (Wildman–Crippen LogP) is 3.70. The molecule has 5 rings (SSSR count). The van der Waals surface area contributed by atoms with Crippen LogP contribution in [0.2, 0.25) is 0 Å². The summed E-state index contributed by atoms with van der Waals surface area (Å²) in [5.41, 5.74) is 2.87. The van der Waals surface area contributed by atoms with Gasteiger partial charge in [0.1, 0.15) is 17.9 Å². The molecule has 3 aromatic heterocycles. The highest BCUT2D eigenvalue weighted by Gasteiger charge is 2.13. The molecule has 0 unspecified atom stereocenters. The van der Waals surface area contributed by atoms with Crippen molar-refractivity contribution in [2.75, 3.05) is 13.2 Å². The summed E-state index contributed by atoms with van der Waals surface area (Å²) in [5.74, 6) is 0.430. The van der Waals surface area contributed by atoms with Gasteiger partial charge in [-0.2, -0.15) is 0 Å². The van der Waals surface area contributed by atoms with Crippen molar-refractivity contribution in [1.82, 2.24) is 24.8 Å². The highest BCUT2D eigenvalue weighted by molar-refractivity contribution is 9.10. The van der Waals surface area contributed by atoms with Crippen molar-refractivity contribution in [3.05, 3.63) is 116 Å². The van der Waals surface area contributed by atoms with Gasteiger partial charge in [-0.25, -0.2) is 4.79 Å². The smallest absolute Gasteiger partial charge is 0.329 e. The number of fused-ring (bicyclic) bond motifs is 1. The van der Waals surface area contributed by atoms with Crippen LogP contribution < -0.4 is 21.3 Å². The molecule has 3 heterocycles. The molecule has 37 heavy (non-hydrogen) atoms. The molecule has 0 spiro atoms. The van der Waals surface area contributed by atoms with E-state index in [1.807, 2.05) is 48.5 Å². The third kappa shape index (κ3) is 5.54. The molecule has 0 saturated carbocycles. The first-order chi connectivity index (χ1) is 18.0. The SMILES string of the molecule is O=C(NCCOc1ccc(-c2cc3c([nH]2)c(=O)[nH]c(=O)n3Cc2ccc(Br)cc2)cc1)c1cccnc1. The molecule has 1 amide bonds. The maximum atomic E-state index is 12.6. The van der Waals surface area contributed by atoms with Gasteiger partial charge in [0.2, 0.25) is 0 Å². The Hall–Kier alpha value is -4.44. The van der Waals surface area contributed by atoms with Gasteiger partial charge in [-0.05, 0) is 65.7 Å². The summed E-state index contributed by atoms with van der Waals surface area (Å²) >= 11 is 3.41. The third-order valence-electron chi connectivity index (χ3n) is 5.78. The molecule has 9 nitrogen and oxygen atoms in total. The number of rotatable bonds is 8. The van der Waals surface area contributed by atoms with Crippen LogP contribution in [0.4, 0.5) is 0 Å². The van der Waals surface area contributed by atoms with Gasteiger partial charge in [-0.3, -0.25) is 24.1 Å². The molecular weight excluding hydrogens is 538 g/mol. The first kappa shape index (κ1) is 24.3. The van der Waals surface area contributed by atoms with Crippen LogP contribution in [-0.2, 0) is 6.54 Å². The number of carbonyl (C=O) groups excluding carboxylic acids is 1. The van der Waals surface area contributed by atoms with Gasteiger partial charge in [0.25, 0.3) is 11.5 Å². The van der Waals surface area contributed by atoms with Crippen LogP contribution >= 0.6 is 15.9 Å². The Morgan fingerprint density at radius 3 is 2.54 bits per heavy atom. The number of amides is 1. The zero-order valence-electron chi connectivity index (χ0n) is 19.5. The van der Waals surface area contributed by atoms with E-state index in [0.717, 1.165) is 15.6 Å². The first-order valence-corrected chi connectivity index (χ1v) is 12.3. The van der Waals surface area contributed by atoms with E-state index in [2.05, 4.69) is 36.2 Å². The number of carbonyl (C=O) groups is 1. The molecule has 0 fully saturated rings. The van der Waals surface area contributed by atoms with Crippen LogP contribution in [0.15, 0.2) is 93.2 Å². The number of nitrogens with zero attached hydrogens (tertiary/aromatic N) is 2. The highest BCUT2D eigenvalue weighted by atomic mass is 79.9. The zero-order valence-corrected chi connectivity index (χ0v) is 21.1. The van der Waals surface area contributed by atoms with E-state index in [1.165, 1.54) is 10.8 Å². The quantitative estimate of drug-likeness (QED) is 0.250. The zero-order chi connectivity index (χ0) is 25.8. The van der Waals surface area contributed by atoms with Crippen molar-refractivity contribution in [3.8, 4) is 17.0 Å². The van der Waals surface area contributed by atoms with Crippen molar-refractivity contribution in [2.24, 2.45) is 0 Å². The van der Waals surface area contributed by atoms with Crippen molar-refractivity contribution < 1.29 is 9.53 Å². The number of pyridine rings is 1. The number of halogens is 1. The minimum atomic E-state index is -0.467. The van der Waals surface area contributed by atoms with Crippen LogP contribution in [0.3, 0.4) is 0 Å². The lowest BCUT2D eigenvalue weighted by Crippen LogP contribution is -2.30. The molecule has 2 aromatic carbocycles. The standard InChI is InChI=1S/C27H22BrN5O4/c28-20-7-3-17(4-8-20)16-33-23-14-22(31-24(23)26(35)32-27(33)36)18-5-9-21(10-6-18)37-13-12-30-25(34)19-2-1-11-29-15-19/h1-11,14-15,31H,12-13,16H2,(H,30,34)(H,32,35,36). The third-order valence-corrected chi connectivity index (χ3v) is 6.31. The number of benzene rings is 2. The van der Waals surface area contributed by atoms with Crippen LogP contribution in [0.25, 0.3) is 22.3 Å². The number of H-pyrrole nitrogens is 2. The summed E-state index contributed by atoms with van der Waals surface area (Å²) in [6, 6.07) is 20.2. The Bertz CT molecular complexity index is 1660. The van der Waals surface area contributed by atoms with Gasteiger partial charge < -0.3 is 15.0 Å². The predicted molar refractivity (Wildman–Crippen MR) is 144 cm³/mol. The highest BCUT2D eigenvalue weighted by Crippen LogP contribution is 2.24. The van der Waals surface area contributed by atoms with E-state index in [1.54, 1.807) is 24.4 Å². The van der Waals surface area contributed by atoms with Gasteiger partial charge in [0.15, 0.2) is 0 Å². The molecule has 0 saturated heterocycles. The van der Waals surface area contributed by atoms with Crippen molar-refractivity contribution in [2.45, 2.75) is 6.54 Å². The van der Waals surface area contributed by atoms with Crippen molar-refractivity contribution in [3.63, 3.8) is 0 Å². The first-order valence-electron chi connectivity index (χ1n) is 11.5. The largest absolute Gasteiger partial charge is 0.492 e. The lowest BCUT2D eigenvalue weighted by Gasteiger charge is -2.08.